The number of aryl methyl sites for hydroxylation is 1. The van der Waals surface area contributed by atoms with Gasteiger partial charge in [0.05, 0.1) is 17.4 Å². The number of thiophene rings is 1. The monoisotopic (exact) mass is 393 g/mol. The van der Waals surface area contributed by atoms with Crippen molar-refractivity contribution >= 4 is 28.1 Å². The van der Waals surface area contributed by atoms with E-state index in [-0.39, 0.29) is 17.5 Å². The summed E-state index contributed by atoms with van der Waals surface area (Å²) in [6, 6.07) is 11.7. The molecule has 5 nitrogen and oxygen atoms in total. The maximum absolute atomic E-state index is 12.9. The number of carbonyl (C=O) groups excluding carboxylic acids is 1. The second kappa shape index (κ2) is 8.10. The summed E-state index contributed by atoms with van der Waals surface area (Å²) >= 11 is 1.64. The average molecular weight is 394 g/mol. The zero-order valence-corrected chi connectivity index (χ0v) is 16.5. The summed E-state index contributed by atoms with van der Waals surface area (Å²) in [5, 5.41) is 2.66. The molecule has 0 saturated heterocycles. The zero-order valence-electron chi connectivity index (χ0n) is 15.7. The first-order valence-electron chi connectivity index (χ1n) is 9.58. The Hall–Kier alpha value is -2.73. The summed E-state index contributed by atoms with van der Waals surface area (Å²) in [6.45, 7) is 4.87. The molecule has 2 aromatic heterocycles. The first-order valence-corrected chi connectivity index (χ1v) is 10.5. The van der Waals surface area contributed by atoms with E-state index in [0.29, 0.717) is 42.7 Å². The Bertz CT molecular complexity index is 1050. The van der Waals surface area contributed by atoms with Crippen LogP contribution in [0.3, 0.4) is 0 Å². The molecule has 1 aliphatic rings. The lowest BCUT2D eigenvalue weighted by molar-refractivity contribution is -0.131. The summed E-state index contributed by atoms with van der Waals surface area (Å²) in [5.74, 6) is 0.771. The highest BCUT2D eigenvalue weighted by Crippen LogP contribution is 2.35. The highest BCUT2D eigenvalue weighted by atomic mass is 32.1. The van der Waals surface area contributed by atoms with Crippen LogP contribution in [0.2, 0.25) is 0 Å². The van der Waals surface area contributed by atoms with Crippen LogP contribution in [0.5, 0.6) is 0 Å². The molecule has 144 valence electrons. The summed E-state index contributed by atoms with van der Waals surface area (Å²) in [7, 11) is 0. The van der Waals surface area contributed by atoms with E-state index in [2.05, 4.69) is 6.58 Å². The van der Waals surface area contributed by atoms with Gasteiger partial charge in [-0.3, -0.25) is 14.2 Å². The van der Waals surface area contributed by atoms with Crippen molar-refractivity contribution in [3.63, 3.8) is 0 Å². The van der Waals surface area contributed by atoms with Crippen molar-refractivity contribution in [1.82, 2.24) is 14.5 Å². The molecule has 0 bridgehead atoms. The third-order valence-electron chi connectivity index (χ3n) is 4.98. The van der Waals surface area contributed by atoms with Crippen molar-refractivity contribution in [3.8, 4) is 0 Å². The van der Waals surface area contributed by atoms with Crippen LogP contribution in [0.15, 0.2) is 59.2 Å². The minimum Gasteiger partial charge on any atom is -0.334 e. The van der Waals surface area contributed by atoms with E-state index in [1.165, 1.54) is 0 Å². The maximum atomic E-state index is 12.9. The maximum Gasteiger partial charge on any atom is 0.261 e. The highest BCUT2D eigenvalue weighted by molar-refractivity contribution is 7.09. The van der Waals surface area contributed by atoms with Gasteiger partial charge in [-0.05, 0) is 36.4 Å². The van der Waals surface area contributed by atoms with E-state index < -0.39 is 0 Å². The molecule has 1 saturated carbocycles. The van der Waals surface area contributed by atoms with Crippen molar-refractivity contribution in [3.05, 3.63) is 75.5 Å². The van der Waals surface area contributed by atoms with Gasteiger partial charge in [0.1, 0.15) is 5.82 Å². The average Bonchev–Trinajstić information content (AvgIpc) is 3.40. The van der Waals surface area contributed by atoms with Crippen molar-refractivity contribution in [2.24, 2.45) is 0 Å². The molecule has 0 aliphatic heterocycles. The Labute approximate surface area is 167 Å². The number of fused-ring (bicyclic) bond motifs is 1. The fourth-order valence-electron chi connectivity index (χ4n) is 3.46. The summed E-state index contributed by atoms with van der Waals surface area (Å²) in [5.41, 5.74) is 0.713. The van der Waals surface area contributed by atoms with Gasteiger partial charge in [-0.15, -0.1) is 17.9 Å². The molecule has 0 N–H and O–H groups in total. The molecule has 6 heteroatoms. The van der Waals surface area contributed by atoms with Crippen molar-refractivity contribution < 1.29 is 4.79 Å². The van der Waals surface area contributed by atoms with Crippen LogP contribution in [0.1, 0.15) is 36.0 Å². The number of benzene rings is 1. The molecule has 4 rings (SSSR count). The standard InChI is InChI=1S/C22H23N3O2S/c1-2-13-24(15-17-6-5-14-28-17)21(26)12-11-20-23-19-8-4-3-7-18(19)22(27)25(20)16-9-10-16/h2-8,14,16H,1,9-13,15H2. The Balaban J connectivity index is 1.55. The van der Waals surface area contributed by atoms with Crippen LogP contribution >= 0.6 is 11.3 Å². The topological polar surface area (TPSA) is 55.2 Å². The Morgan fingerprint density at radius 2 is 2.11 bits per heavy atom. The van der Waals surface area contributed by atoms with E-state index in [1.807, 2.05) is 46.3 Å². The molecule has 1 amide bonds. The van der Waals surface area contributed by atoms with Crippen LogP contribution in [0, 0.1) is 0 Å². The third-order valence-corrected chi connectivity index (χ3v) is 5.85. The SMILES string of the molecule is C=CCN(Cc1cccs1)C(=O)CCc1nc2ccccc2c(=O)n1C1CC1. The zero-order chi connectivity index (χ0) is 19.5. The van der Waals surface area contributed by atoms with E-state index in [0.717, 1.165) is 17.7 Å². The molecule has 3 aromatic rings. The fourth-order valence-corrected chi connectivity index (χ4v) is 4.17. The molecule has 2 heterocycles. The van der Waals surface area contributed by atoms with E-state index in [1.54, 1.807) is 22.3 Å². The minimum absolute atomic E-state index is 0.0112. The van der Waals surface area contributed by atoms with Crippen LogP contribution in [-0.4, -0.2) is 26.9 Å². The number of para-hydroxylation sites is 1. The second-order valence-corrected chi connectivity index (χ2v) is 8.13. The minimum atomic E-state index is 0.0112. The molecular formula is C22H23N3O2S. The summed E-state index contributed by atoms with van der Waals surface area (Å²) < 4.78 is 1.81. The van der Waals surface area contributed by atoms with Gasteiger partial charge in [0, 0.05) is 30.3 Å². The largest absolute Gasteiger partial charge is 0.334 e. The lowest BCUT2D eigenvalue weighted by Gasteiger charge is -2.21. The van der Waals surface area contributed by atoms with E-state index >= 15 is 0 Å². The van der Waals surface area contributed by atoms with Crippen LogP contribution in [-0.2, 0) is 17.8 Å². The van der Waals surface area contributed by atoms with Gasteiger partial charge in [0.25, 0.3) is 5.56 Å². The molecule has 0 atom stereocenters. The number of amides is 1. The van der Waals surface area contributed by atoms with Gasteiger partial charge in [-0.2, -0.15) is 0 Å². The van der Waals surface area contributed by atoms with Gasteiger partial charge in [-0.1, -0.05) is 24.3 Å². The summed E-state index contributed by atoms with van der Waals surface area (Å²) in [6.07, 6.45) is 4.55. The first kappa shape index (κ1) is 18.6. The third kappa shape index (κ3) is 3.92. The highest BCUT2D eigenvalue weighted by Gasteiger charge is 2.28. The first-order chi connectivity index (χ1) is 13.7. The Kier molecular flexibility index (Phi) is 5.39. The smallest absolute Gasteiger partial charge is 0.261 e. The number of nitrogens with zero attached hydrogens (tertiary/aromatic N) is 3. The Morgan fingerprint density at radius 3 is 2.82 bits per heavy atom. The quantitative estimate of drug-likeness (QED) is 0.545. The van der Waals surface area contributed by atoms with Gasteiger partial charge < -0.3 is 4.90 Å². The van der Waals surface area contributed by atoms with Crippen molar-refractivity contribution in [1.29, 1.82) is 0 Å². The number of hydrogen-bond donors (Lipinski definition) is 0. The van der Waals surface area contributed by atoms with Gasteiger partial charge in [-0.25, -0.2) is 4.98 Å². The summed E-state index contributed by atoms with van der Waals surface area (Å²) in [4.78, 5) is 33.5. The molecule has 0 unspecified atom stereocenters. The lowest BCUT2D eigenvalue weighted by Crippen LogP contribution is -2.31. The number of carbonyl (C=O) groups is 1. The van der Waals surface area contributed by atoms with E-state index in [9.17, 15) is 9.59 Å². The number of rotatable bonds is 8. The van der Waals surface area contributed by atoms with Crippen molar-refractivity contribution in [2.45, 2.75) is 38.3 Å². The number of hydrogen-bond acceptors (Lipinski definition) is 4. The van der Waals surface area contributed by atoms with Gasteiger partial charge in [0.15, 0.2) is 0 Å². The van der Waals surface area contributed by atoms with Gasteiger partial charge in [0.2, 0.25) is 5.91 Å². The molecule has 1 aliphatic carbocycles. The molecule has 1 aromatic carbocycles. The molecule has 0 spiro atoms. The van der Waals surface area contributed by atoms with E-state index in [4.69, 9.17) is 4.98 Å². The predicted octanol–water partition coefficient (Wildman–Crippen LogP) is 3.94. The van der Waals surface area contributed by atoms with Crippen LogP contribution < -0.4 is 5.56 Å². The Morgan fingerprint density at radius 1 is 1.29 bits per heavy atom. The fraction of sp³-hybridized carbons (Fsp3) is 0.318. The molecule has 1 fully saturated rings. The molecule has 0 radical (unpaired) electrons. The second-order valence-electron chi connectivity index (χ2n) is 7.09. The molecule has 28 heavy (non-hydrogen) atoms. The molecular weight excluding hydrogens is 370 g/mol. The predicted molar refractivity (Wildman–Crippen MR) is 113 cm³/mol. The van der Waals surface area contributed by atoms with Crippen LogP contribution in [0.4, 0.5) is 0 Å². The van der Waals surface area contributed by atoms with Gasteiger partial charge >= 0.3 is 0 Å². The van der Waals surface area contributed by atoms with Crippen molar-refractivity contribution in [2.75, 3.05) is 6.54 Å². The number of aromatic nitrogens is 2. The lowest BCUT2D eigenvalue weighted by atomic mass is 10.2. The normalized spacial score (nSPS) is 13.6. The van der Waals surface area contributed by atoms with Crippen LogP contribution in [0.25, 0.3) is 10.9 Å².